The van der Waals surface area contributed by atoms with Crippen LogP contribution in [0.1, 0.15) is 55.4 Å². The van der Waals surface area contributed by atoms with Crippen LogP contribution in [0.5, 0.6) is 0 Å². The number of amides is 2. The summed E-state index contributed by atoms with van der Waals surface area (Å²) in [4.78, 5) is 41.0. The van der Waals surface area contributed by atoms with Gasteiger partial charge in [0.05, 0.1) is 24.3 Å². The highest BCUT2D eigenvalue weighted by Crippen LogP contribution is 2.31. The Morgan fingerprint density at radius 3 is 2.23 bits per heavy atom. The van der Waals surface area contributed by atoms with Gasteiger partial charge in [0.15, 0.2) is 5.78 Å². The van der Waals surface area contributed by atoms with Gasteiger partial charge in [0.25, 0.3) is 0 Å². The number of hydrogen-bond donors (Lipinski definition) is 4. The van der Waals surface area contributed by atoms with Gasteiger partial charge in [0.1, 0.15) is 0 Å². The van der Waals surface area contributed by atoms with Crippen molar-refractivity contribution in [1.82, 2.24) is 10.2 Å². The highest BCUT2D eigenvalue weighted by atomic mass is 19.4. The zero-order chi connectivity index (χ0) is 32.7. The van der Waals surface area contributed by atoms with Crippen LogP contribution in [0, 0.1) is 0 Å². The molecule has 1 aliphatic heterocycles. The van der Waals surface area contributed by atoms with Gasteiger partial charge in [0.2, 0.25) is 11.8 Å². The van der Waals surface area contributed by atoms with Crippen LogP contribution in [-0.4, -0.2) is 67.7 Å². The van der Waals surface area contributed by atoms with Gasteiger partial charge in [0, 0.05) is 39.0 Å². The summed E-state index contributed by atoms with van der Waals surface area (Å²) in [6.07, 6.45) is -4.47. The number of rotatable bonds is 15. The second kappa shape index (κ2) is 15.2. The van der Waals surface area contributed by atoms with Crippen molar-refractivity contribution in [3.63, 3.8) is 0 Å². The second-order valence-electron chi connectivity index (χ2n) is 12.0. The van der Waals surface area contributed by atoms with Gasteiger partial charge in [-0.05, 0) is 52.5 Å². The van der Waals surface area contributed by atoms with Crippen LogP contribution in [0.2, 0.25) is 6.82 Å². The second-order valence-corrected chi connectivity index (χ2v) is 12.0. The number of nitrogens with two attached hydrogens (primary N) is 3. The highest BCUT2D eigenvalue weighted by molar-refractivity contribution is 6.67. The van der Waals surface area contributed by atoms with E-state index in [1.54, 1.807) is 0 Å². The third-order valence-electron chi connectivity index (χ3n) is 8.05. The molecule has 13 heteroatoms. The van der Waals surface area contributed by atoms with E-state index < -0.39 is 35.1 Å². The topological polar surface area (TPSA) is 154 Å². The zero-order valence-corrected chi connectivity index (χ0v) is 25.6. The van der Waals surface area contributed by atoms with Crippen LogP contribution >= 0.6 is 0 Å². The Balaban J connectivity index is 1.76. The van der Waals surface area contributed by atoms with Crippen LogP contribution < -0.4 is 28.0 Å². The Bertz CT molecular complexity index is 1300. The van der Waals surface area contributed by atoms with Crippen LogP contribution in [0.25, 0.3) is 0 Å². The van der Waals surface area contributed by atoms with E-state index >= 15 is 0 Å². The molecule has 240 valence electrons. The van der Waals surface area contributed by atoms with E-state index in [9.17, 15) is 27.6 Å². The molecule has 0 aromatic heterocycles. The van der Waals surface area contributed by atoms with Crippen molar-refractivity contribution < 1.29 is 32.2 Å². The number of nitrogens with zero attached hydrogens (tertiary/aromatic N) is 1. The lowest BCUT2D eigenvalue weighted by molar-refractivity contribution is -0.137. The molecule has 0 saturated carbocycles. The van der Waals surface area contributed by atoms with Crippen molar-refractivity contribution in [2.45, 2.75) is 76.6 Å². The molecule has 0 spiro atoms. The number of carbonyl (C=O) groups excluding carboxylic acids is 3. The molecule has 0 radical (unpaired) electrons. The molecule has 44 heavy (non-hydrogen) atoms. The molecule has 0 bridgehead atoms. The van der Waals surface area contributed by atoms with E-state index in [2.05, 4.69) is 5.32 Å². The molecule has 0 saturated heterocycles. The van der Waals surface area contributed by atoms with Crippen molar-refractivity contribution in [2.24, 2.45) is 17.2 Å². The Labute approximate surface area is 257 Å². The number of ketones is 1. The summed E-state index contributed by atoms with van der Waals surface area (Å²) in [5.41, 5.74) is 19.4. The van der Waals surface area contributed by atoms with Crippen molar-refractivity contribution >= 4 is 30.0 Å². The smallest absolute Gasteiger partial charge is 0.416 e. The van der Waals surface area contributed by atoms with Crippen molar-refractivity contribution in [1.29, 1.82) is 0 Å². The maximum atomic E-state index is 13.8. The van der Waals surface area contributed by atoms with Crippen LogP contribution in [0.3, 0.4) is 0 Å². The number of hydrogen-bond acceptors (Lipinski definition) is 7. The van der Waals surface area contributed by atoms with E-state index in [4.69, 9.17) is 21.9 Å². The first-order chi connectivity index (χ1) is 20.7. The van der Waals surface area contributed by atoms with Gasteiger partial charge in [-0.1, -0.05) is 51.0 Å². The number of halogens is 3. The number of Topliss-reactive ketones (excluding diaryl/α,β-unsaturated/α-hetero) is 1. The Kier molecular flexibility index (Phi) is 12.1. The summed E-state index contributed by atoms with van der Waals surface area (Å²) in [6, 6.07) is 8.33. The molecule has 2 atom stereocenters. The van der Waals surface area contributed by atoms with Crippen LogP contribution in [0.4, 0.5) is 13.2 Å². The summed E-state index contributed by atoms with van der Waals surface area (Å²) in [5.74, 6) is -1.17. The first kappa shape index (κ1) is 35.2. The number of fused-ring (bicyclic) bond motifs is 1. The molecule has 2 aromatic rings. The molecule has 3 rings (SSSR count). The van der Waals surface area contributed by atoms with Gasteiger partial charge in [-0.2, -0.15) is 13.2 Å². The predicted octanol–water partition coefficient (Wildman–Crippen LogP) is 1.88. The summed E-state index contributed by atoms with van der Waals surface area (Å²) >= 11 is 0. The Hall–Kier alpha value is -3.26. The maximum Gasteiger partial charge on any atom is 0.416 e. The highest BCUT2D eigenvalue weighted by Gasteiger charge is 2.34. The largest absolute Gasteiger partial charge is 0.427 e. The minimum atomic E-state index is -4.50. The predicted molar refractivity (Wildman–Crippen MR) is 164 cm³/mol. The number of alkyl halides is 3. The van der Waals surface area contributed by atoms with Gasteiger partial charge >= 0.3 is 13.1 Å². The van der Waals surface area contributed by atoms with E-state index in [-0.39, 0.29) is 57.4 Å². The molecule has 7 N–H and O–H groups in total. The molecular weight excluding hydrogens is 574 g/mol. The fourth-order valence-corrected chi connectivity index (χ4v) is 5.32. The van der Waals surface area contributed by atoms with Crippen molar-refractivity contribution in [3.8, 4) is 0 Å². The zero-order valence-electron chi connectivity index (χ0n) is 25.6. The average Bonchev–Trinajstić information content (AvgIpc) is 3.34. The van der Waals surface area contributed by atoms with E-state index in [0.29, 0.717) is 25.3 Å². The fourth-order valence-electron chi connectivity index (χ4n) is 5.32. The molecule has 1 aliphatic rings. The Morgan fingerprint density at radius 2 is 1.64 bits per heavy atom. The number of benzene rings is 2. The maximum absolute atomic E-state index is 13.8. The van der Waals surface area contributed by atoms with Crippen molar-refractivity contribution in [2.75, 3.05) is 26.2 Å². The number of nitrogens with one attached hydrogen (secondary N) is 1. The lowest BCUT2D eigenvalue weighted by atomic mass is 9.63. The van der Waals surface area contributed by atoms with Crippen molar-refractivity contribution in [3.05, 3.63) is 64.7 Å². The van der Waals surface area contributed by atoms with E-state index in [0.717, 1.165) is 28.7 Å². The number of carbonyl (C=O) groups is 3. The molecule has 2 amide bonds. The normalized spacial score (nSPS) is 14.6. The van der Waals surface area contributed by atoms with Crippen LogP contribution in [0.15, 0.2) is 42.5 Å². The summed E-state index contributed by atoms with van der Waals surface area (Å²) in [5, 5.41) is 2.72. The SMILES string of the molecule is CB1OCc2ccc(C(C)(C)CC(=O)[C@@H](Cc3ccc(C(F)(F)F)cc3)NC(=O)[C@@H](N)CCC(=O)N(CCN)CCN)cc21. The van der Waals surface area contributed by atoms with Gasteiger partial charge in [-0.25, -0.2) is 0 Å². The fraction of sp³-hybridized carbons (Fsp3) is 0.516. The van der Waals surface area contributed by atoms with E-state index in [1.807, 2.05) is 38.9 Å². The molecule has 0 fully saturated rings. The van der Waals surface area contributed by atoms with Crippen LogP contribution in [-0.2, 0) is 43.7 Å². The minimum Gasteiger partial charge on any atom is -0.427 e. The first-order valence-electron chi connectivity index (χ1n) is 14.8. The van der Waals surface area contributed by atoms with Gasteiger partial charge < -0.3 is 32.1 Å². The lowest BCUT2D eigenvalue weighted by Crippen LogP contribution is -2.50. The molecule has 0 unspecified atom stereocenters. The molecule has 1 heterocycles. The van der Waals surface area contributed by atoms with E-state index in [1.165, 1.54) is 17.0 Å². The third kappa shape index (κ3) is 9.37. The molecular formula is C31H43BF3N5O4. The minimum absolute atomic E-state index is 0.0143. The lowest BCUT2D eigenvalue weighted by Gasteiger charge is -2.29. The van der Waals surface area contributed by atoms with Gasteiger partial charge in [-0.15, -0.1) is 0 Å². The Morgan fingerprint density at radius 1 is 1.02 bits per heavy atom. The first-order valence-corrected chi connectivity index (χ1v) is 14.8. The standard InChI is InChI=1S/C31H43BF3N5O4/c1-30(2,23-9-6-21-19-44-32(3)24(21)17-23)18-27(41)26(16-20-4-7-22(8-5-20)31(33,34)35)39-29(43)25(38)10-11-28(42)40(14-12-36)15-13-37/h4-9,17,25-26H,10-16,18-19,36-38H2,1-3H3,(H,39,43)/t25-,26+/m0/s1. The quantitative estimate of drug-likeness (QED) is 0.223. The van der Waals surface area contributed by atoms with Gasteiger partial charge in [-0.3, -0.25) is 14.4 Å². The summed E-state index contributed by atoms with van der Waals surface area (Å²) < 4.78 is 45.1. The summed E-state index contributed by atoms with van der Waals surface area (Å²) in [6.45, 7) is 7.47. The molecule has 0 aliphatic carbocycles. The monoisotopic (exact) mass is 617 g/mol. The molecule has 9 nitrogen and oxygen atoms in total. The average molecular weight is 618 g/mol. The molecule has 2 aromatic carbocycles. The summed E-state index contributed by atoms with van der Waals surface area (Å²) in [7, 11) is 0. The third-order valence-corrected chi connectivity index (χ3v) is 8.05.